The van der Waals surface area contributed by atoms with Crippen molar-refractivity contribution < 1.29 is 23.1 Å². The Bertz CT molecular complexity index is 767. The first-order valence-electron chi connectivity index (χ1n) is 5.26. The van der Waals surface area contributed by atoms with E-state index in [-0.39, 0.29) is 11.1 Å². The second-order valence-corrected chi connectivity index (χ2v) is 5.44. The van der Waals surface area contributed by atoms with Crippen molar-refractivity contribution >= 4 is 26.8 Å². The highest BCUT2D eigenvalue weighted by atomic mass is 32.2. The molecule has 0 aromatic heterocycles. The fourth-order valence-electron chi connectivity index (χ4n) is 1.76. The summed E-state index contributed by atoms with van der Waals surface area (Å²) in [6.45, 7) is 1.19. The summed E-state index contributed by atoms with van der Waals surface area (Å²) in [7, 11) is -4.12. The number of aromatic hydroxyl groups is 1. The number of phenolic OH excluding ortho intramolecular Hbond substituents is 1. The fraction of sp³-hybridized carbons (Fsp3) is 0.0833. The van der Waals surface area contributed by atoms with E-state index in [9.17, 15) is 18.3 Å². The third-order valence-corrected chi connectivity index (χ3v) is 3.43. The van der Waals surface area contributed by atoms with Crippen LogP contribution in [0.4, 0.5) is 0 Å². The van der Waals surface area contributed by atoms with Gasteiger partial charge in [0, 0.05) is 23.8 Å². The first-order chi connectivity index (χ1) is 8.80. The van der Waals surface area contributed by atoms with Gasteiger partial charge in [0.25, 0.3) is 0 Å². The number of sulfonamides is 1. The highest BCUT2D eigenvalue weighted by molar-refractivity contribution is 7.89. The van der Waals surface area contributed by atoms with Crippen LogP contribution in [-0.2, 0) is 14.8 Å². The molecule has 0 unspecified atom stereocenters. The number of rotatable bonds is 2. The Hall–Kier alpha value is -2.12. The number of fused-ring (bicyclic) bond motifs is 1. The third kappa shape index (κ3) is 2.51. The molecule has 0 radical (unpaired) electrons. The Morgan fingerprint density at radius 2 is 1.84 bits per heavy atom. The van der Waals surface area contributed by atoms with Crippen LogP contribution in [0.25, 0.3) is 10.8 Å². The summed E-state index contributed by atoms with van der Waals surface area (Å²) in [5.74, 6) is -1.03. The SMILES string of the molecule is CC(=O)Oc1cc(S(N)(=O)=O)c(O)c2ccccc12. The summed E-state index contributed by atoms with van der Waals surface area (Å²) in [5.41, 5.74) is 0. The molecule has 0 aliphatic heterocycles. The number of esters is 1. The lowest BCUT2D eigenvalue weighted by Gasteiger charge is -2.11. The number of carbonyl (C=O) groups excluding carboxylic acids is 1. The number of phenols is 1. The van der Waals surface area contributed by atoms with E-state index in [4.69, 9.17) is 9.88 Å². The van der Waals surface area contributed by atoms with E-state index in [1.807, 2.05) is 0 Å². The molecule has 2 rings (SSSR count). The predicted octanol–water partition coefficient (Wildman–Crippen LogP) is 1.12. The van der Waals surface area contributed by atoms with Crippen LogP contribution < -0.4 is 9.88 Å². The molecular weight excluding hydrogens is 270 g/mol. The molecule has 0 aliphatic carbocycles. The van der Waals surface area contributed by atoms with Crippen LogP contribution in [0.2, 0.25) is 0 Å². The topological polar surface area (TPSA) is 107 Å². The second-order valence-electron chi connectivity index (χ2n) is 3.91. The number of benzene rings is 2. The number of hydrogen-bond acceptors (Lipinski definition) is 5. The molecule has 0 saturated carbocycles. The zero-order valence-electron chi connectivity index (χ0n) is 9.95. The molecule has 19 heavy (non-hydrogen) atoms. The second kappa shape index (κ2) is 4.52. The lowest BCUT2D eigenvalue weighted by atomic mass is 10.1. The van der Waals surface area contributed by atoms with Gasteiger partial charge in [-0.05, 0) is 0 Å². The molecule has 2 aromatic carbocycles. The van der Waals surface area contributed by atoms with Crippen molar-refractivity contribution in [3.63, 3.8) is 0 Å². The van der Waals surface area contributed by atoms with Crippen LogP contribution in [0, 0.1) is 0 Å². The quantitative estimate of drug-likeness (QED) is 0.633. The first-order valence-corrected chi connectivity index (χ1v) is 6.81. The predicted molar refractivity (Wildman–Crippen MR) is 68.3 cm³/mol. The van der Waals surface area contributed by atoms with Crippen LogP contribution in [0.1, 0.15) is 6.92 Å². The number of nitrogens with two attached hydrogens (primary N) is 1. The number of ether oxygens (including phenoxy) is 1. The Balaban J connectivity index is 2.87. The van der Waals surface area contributed by atoms with Gasteiger partial charge in [0.15, 0.2) is 0 Å². The molecule has 0 heterocycles. The van der Waals surface area contributed by atoms with Crippen molar-refractivity contribution in [3.05, 3.63) is 30.3 Å². The first kappa shape index (κ1) is 13.3. The standard InChI is InChI=1S/C12H11NO5S/c1-7(14)18-10-6-11(19(13,16)17)12(15)9-5-3-2-4-8(9)10/h2-6,15H,1H3,(H2,13,16,17). The van der Waals surface area contributed by atoms with Gasteiger partial charge in [-0.25, -0.2) is 13.6 Å². The molecule has 0 atom stereocenters. The summed E-state index contributed by atoms with van der Waals surface area (Å²) in [5, 5.41) is 15.6. The van der Waals surface area contributed by atoms with E-state index in [2.05, 4.69) is 0 Å². The molecule has 0 saturated heterocycles. The van der Waals surface area contributed by atoms with Crippen molar-refractivity contribution in [1.82, 2.24) is 0 Å². The number of primary sulfonamides is 1. The zero-order valence-corrected chi connectivity index (χ0v) is 10.8. The zero-order chi connectivity index (χ0) is 14.2. The van der Waals surface area contributed by atoms with E-state index >= 15 is 0 Å². The monoisotopic (exact) mass is 281 g/mol. The van der Waals surface area contributed by atoms with Crippen molar-refractivity contribution in [2.24, 2.45) is 5.14 Å². The molecule has 0 fully saturated rings. The van der Waals surface area contributed by atoms with Crippen LogP contribution in [-0.4, -0.2) is 19.5 Å². The van der Waals surface area contributed by atoms with Gasteiger partial charge < -0.3 is 9.84 Å². The Morgan fingerprint density at radius 3 is 2.37 bits per heavy atom. The summed E-state index contributed by atoms with van der Waals surface area (Å²) in [4.78, 5) is 10.6. The molecule has 0 amide bonds. The largest absolute Gasteiger partial charge is 0.506 e. The molecule has 0 bridgehead atoms. The molecule has 6 nitrogen and oxygen atoms in total. The van der Waals surface area contributed by atoms with Gasteiger partial charge >= 0.3 is 5.97 Å². The van der Waals surface area contributed by atoms with E-state index < -0.39 is 26.6 Å². The van der Waals surface area contributed by atoms with Crippen molar-refractivity contribution in [2.75, 3.05) is 0 Å². The van der Waals surface area contributed by atoms with Crippen molar-refractivity contribution in [3.8, 4) is 11.5 Å². The summed E-state index contributed by atoms with van der Waals surface area (Å²) < 4.78 is 27.8. The fourth-order valence-corrected chi connectivity index (χ4v) is 2.41. The average Bonchev–Trinajstić information content (AvgIpc) is 2.31. The molecule has 100 valence electrons. The smallest absolute Gasteiger partial charge is 0.308 e. The summed E-state index contributed by atoms with van der Waals surface area (Å²) >= 11 is 0. The maximum Gasteiger partial charge on any atom is 0.308 e. The Kier molecular flexibility index (Phi) is 3.17. The number of hydrogen-bond donors (Lipinski definition) is 2. The molecule has 0 aliphatic rings. The molecule has 7 heteroatoms. The summed E-state index contributed by atoms with van der Waals surface area (Å²) in [6, 6.07) is 7.43. The molecular formula is C12H11NO5S. The maximum atomic E-state index is 11.4. The minimum absolute atomic E-state index is 0.0323. The van der Waals surface area contributed by atoms with E-state index in [0.29, 0.717) is 5.39 Å². The minimum Gasteiger partial charge on any atom is -0.506 e. The van der Waals surface area contributed by atoms with Gasteiger partial charge in [-0.3, -0.25) is 4.79 Å². The summed E-state index contributed by atoms with van der Waals surface area (Å²) in [6.07, 6.45) is 0. The normalized spacial score (nSPS) is 11.5. The lowest BCUT2D eigenvalue weighted by molar-refractivity contribution is -0.131. The van der Waals surface area contributed by atoms with Crippen LogP contribution in [0.5, 0.6) is 11.5 Å². The van der Waals surface area contributed by atoms with Gasteiger partial charge in [-0.15, -0.1) is 0 Å². The van der Waals surface area contributed by atoms with Crippen LogP contribution >= 0.6 is 0 Å². The van der Waals surface area contributed by atoms with E-state index in [1.54, 1.807) is 18.2 Å². The Morgan fingerprint density at radius 1 is 1.26 bits per heavy atom. The average molecular weight is 281 g/mol. The van der Waals surface area contributed by atoms with Crippen molar-refractivity contribution in [1.29, 1.82) is 0 Å². The molecule has 3 N–H and O–H groups in total. The third-order valence-electron chi connectivity index (χ3n) is 2.50. The van der Waals surface area contributed by atoms with Crippen LogP contribution in [0.3, 0.4) is 0 Å². The van der Waals surface area contributed by atoms with Crippen molar-refractivity contribution in [2.45, 2.75) is 11.8 Å². The minimum atomic E-state index is -4.12. The molecule has 0 spiro atoms. The molecule has 2 aromatic rings. The van der Waals surface area contributed by atoms with Gasteiger partial charge in [0.1, 0.15) is 16.4 Å². The highest BCUT2D eigenvalue weighted by Crippen LogP contribution is 2.37. The lowest BCUT2D eigenvalue weighted by Crippen LogP contribution is -2.13. The van der Waals surface area contributed by atoms with Crippen LogP contribution in [0.15, 0.2) is 35.2 Å². The van der Waals surface area contributed by atoms with E-state index in [0.717, 1.165) is 6.07 Å². The Labute approximate surface area is 109 Å². The highest BCUT2D eigenvalue weighted by Gasteiger charge is 2.20. The van der Waals surface area contributed by atoms with Gasteiger partial charge in [0.2, 0.25) is 10.0 Å². The number of carbonyl (C=O) groups is 1. The van der Waals surface area contributed by atoms with Gasteiger partial charge in [-0.1, -0.05) is 24.3 Å². The van der Waals surface area contributed by atoms with E-state index in [1.165, 1.54) is 13.0 Å². The van der Waals surface area contributed by atoms with Gasteiger partial charge in [-0.2, -0.15) is 0 Å². The maximum absolute atomic E-state index is 11.4. The van der Waals surface area contributed by atoms with Gasteiger partial charge in [0.05, 0.1) is 0 Å².